The predicted octanol–water partition coefficient (Wildman–Crippen LogP) is 3.28. The van der Waals surface area contributed by atoms with E-state index in [0.717, 1.165) is 12.1 Å². The van der Waals surface area contributed by atoms with Gasteiger partial charge in [0.25, 0.3) is 0 Å². The van der Waals surface area contributed by atoms with Gasteiger partial charge in [-0.1, -0.05) is 6.07 Å². The lowest BCUT2D eigenvalue weighted by Gasteiger charge is -2.06. The summed E-state index contributed by atoms with van der Waals surface area (Å²) in [7, 11) is 0. The molecule has 1 atom stereocenters. The van der Waals surface area contributed by atoms with Gasteiger partial charge in [-0.05, 0) is 24.3 Å². The Morgan fingerprint density at radius 3 is 2.68 bits per heavy atom. The molecule has 3 rings (SSSR count). The standard InChI is InChI=1S/C14H10F3N3OS/c15-14(16,17)9-4-5-10-11(7-9)20-12(19-10)8-22(21)13-3-1-2-6-18-13/h1-7H,8H2,(H,19,20). The van der Waals surface area contributed by atoms with Crippen molar-refractivity contribution < 1.29 is 17.7 Å². The fourth-order valence-corrected chi connectivity index (χ4v) is 2.93. The molecule has 2 aromatic heterocycles. The van der Waals surface area contributed by atoms with Gasteiger partial charge in [0.2, 0.25) is 5.03 Å². The molecule has 1 aromatic carbocycles. The third-order valence-corrected chi connectivity index (χ3v) is 4.24. The molecule has 0 radical (unpaired) electrons. The summed E-state index contributed by atoms with van der Waals surface area (Å²) >= 11 is -1.41. The summed E-state index contributed by atoms with van der Waals surface area (Å²) < 4.78 is 50.1. The van der Waals surface area contributed by atoms with E-state index in [2.05, 4.69) is 15.0 Å². The summed E-state index contributed by atoms with van der Waals surface area (Å²) in [5.41, 5.74) is -0.0788. The number of rotatable bonds is 3. The van der Waals surface area contributed by atoms with Crippen molar-refractivity contribution in [2.45, 2.75) is 17.0 Å². The molecular formula is C14H10F3N3OS. The van der Waals surface area contributed by atoms with E-state index in [1.807, 2.05) is 0 Å². The van der Waals surface area contributed by atoms with Crippen molar-refractivity contribution in [2.75, 3.05) is 0 Å². The van der Waals surface area contributed by atoms with Gasteiger partial charge in [-0.15, -0.1) is 0 Å². The first kappa shape index (κ1) is 14.9. The van der Waals surface area contributed by atoms with E-state index < -0.39 is 22.9 Å². The number of imidazole rings is 1. The number of benzene rings is 1. The number of hydrogen-bond acceptors (Lipinski definition) is 3. The fraction of sp³-hybridized carbons (Fsp3) is 0.143. The van der Waals surface area contributed by atoms with Gasteiger partial charge in [0.15, 0.2) is 11.6 Å². The lowest BCUT2D eigenvalue weighted by molar-refractivity contribution is -0.137. The molecule has 0 spiro atoms. The summed E-state index contributed by atoms with van der Waals surface area (Å²) in [6.07, 6.45) is -2.88. The molecule has 0 bridgehead atoms. The Bertz CT molecular complexity index is 789. The second-order valence-corrected chi connectivity index (χ2v) is 5.97. The average molecular weight is 325 g/mol. The van der Waals surface area contributed by atoms with Crippen LogP contribution in [0.4, 0.5) is 13.2 Å². The molecule has 0 fully saturated rings. The summed E-state index contributed by atoms with van der Waals surface area (Å²) in [6.45, 7) is 0. The highest BCUT2D eigenvalue weighted by Gasteiger charge is 2.30. The van der Waals surface area contributed by atoms with Crippen molar-refractivity contribution in [3.8, 4) is 0 Å². The maximum absolute atomic E-state index is 12.7. The van der Waals surface area contributed by atoms with E-state index >= 15 is 0 Å². The van der Waals surface area contributed by atoms with Crippen molar-refractivity contribution in [2.24, 2.45) is 0 Å². The minimum absolute atomic E-state index is 0.0625. The molecule has 2 heterocycles. The van der Waals surface area contributed by atoms with E-state index in [1.54, 1.807) is 18.2 Å². The lowest BCUT2D eigenvalue weighted by atomic mass is 10.2. The number of H-pyrrole nitrogens is 1. The van der Waals surface area contributed by atoms with Gasteiger partial charge in [0.05, 0.1) is 16.6 Å². The van der Waals surface area contributed by atoms with Gasteiger partial charge in [-0.3, -0.25) is 0 Å². The van der Waals surface area contributed by atoms with Crippen molar-refractivity contribution >= 4 is 22.2 Å². The minimum Gasteiger partial charge on any atom is -0.610 e. The van der Waals surface area contributed by atoms with Gasteiger partial charge in [-0.25, -0.2) is 9.97 Å². The molecule has 0 aliphatic heterocycles. The van der Waals surface area contributed by atoms with Gasteiger partial charge in [0.1, 0.15) is 0 Å². The van der Waals surface area contributed by atoms with Crippen molar-refractivity contribution in [3.05, 3.63) is 54.0 Å². The average Bonchev–Trinajstić information content (AvgIpc) is 2.88. The van der Waals surface area contributed by atoms with Gasteiger partial charge in [-0.2, -0.15) is 13.2 Å². The minimum atomic E-state index is -4.41. The number of aromatic amines is 1. The number of fused-ring (bicyclic) bond motifs is 1. The first-order chi connectivity index (χ1) is 10.4. The predicted molar refractivity (Wildman–Crippen MR) is 75.4 cm³/mol. The van der Waals surface area contributed by atoms with Crippen LogP contribution in [0.5, 0.6) is 0 Å². The van der Waals surface area contributed by atoms with Crippen LogP contribution in [0, 0.1) is 0 Å². The smallest absolute Gasteiger partial charge is 0.416 e. The molecule has 22 heavy (non-hydrogen) atoms. The SMILES string of the molecule is [O-][S+](Cc1nc2ccc(C(F)(F)F)cc2[nH]1)c1ccccn1. The second kappa shape index (κ2) is 5.62. The molecule has 4 nitrogen and oxygen atoms in total. The molecule has 0 saturated carbocycles. The van der Waals surface area contributed by atoms with E-state index in [-0.39, 0.29) is 11.3 Å². The number of hydrogen-bond donors (Lipinski definition) is 1. The van der Waals surface area contributed by atoms with Gasteiger partial charge < -0.3 is 9.54 Å². The molecule has 1 N–H and O–H groups in total. The van der Waals surface area contributed by atoms with Crippen molar-refractivity contribution in [3.63, 3.8) is 0 Å². The third-order valence-electron chi connectivity index (χ3n) is 3.00. The van der Waals surface area contributed by atoms with E-state index in [1.165, 1.54) is 12.3 Å². The molecule has 3 aromatic rings. The summed E-state index contributed by atoms with van der Waals surface area (Å²) in [6, 6.07) is 8.32. The molecule has 0 aliphatic carbocycles. The molecule has 0 saturated heterocycles. The van der Waals surface area contributed by atoms with E-state index in [4.69, 9.17) is 0 Å². The Labute approximate surface area is 126 Å². The summed E-state index contributed by atoms with van der Waals surface area (Å²) in [4.78, 5) is 10.9. The lowest BCUT2D eigenvalue weighted by Crippen LogP contribution is -2.07. The number of nitrogens with zero attached hydrogens (tertiary/aromatic N) is 2. The number of pyridine rings is 1. The number of halogens is 3. The maximum atomic E-state index is 12.7. The van der Waals surface area contributed by atoms with Crippen LogP contribution >= 0.6 is 0 Å². The zero-order valence-corrected chi connectivity index (χ0v) is 11.9. The van der Waals surface area contributed by atoms with E-state index in [9.17, 15) is 17.7 Å². The first-order valence-corrected chi connectivity index (χ1v) is 7.60. The highest BCUT2D eigenvalue weighted by atomic mass is 32.2. The first-order valence-electron chi connectivity index (χ1n) is 6.29. The quantitative estimate of drug-likeness (QED) is 0.752. The molecule has 8 heteroatoms. The van der Waals surface area contributed by atoms with Crippen LogP contribution in [0.1, 0.15) is 11.4 Å². The number of alkyl halides is 3. The molecule has 0 amide bonds. The van der Waals surface area contributed by atoms with Gasteiger partial charge >= 0.3 is 6.18 Å². The Kier molecular flexibility index (Phi) is 3.79. The normalized spacial score (nSPS) is 13.5. The zero-order valence-electron chi connectivity index (χ0n) is 11.1. The maximum Gasteiger partial charge on any atom is 0.416 e. The van der Waals surface area contributed by atoms with E-state index in [0.29, 0.717) is 16.4 Å². The number of nitrogens with one attached hydrogen (secondary N) is 1. The molecule has 1 unspecified atom stereocenters. The van der Waals surface area contributed by atoms with Crippen LogP contribution < -0.4 is 0 Å². The van der Waals surface area contributed by atoms with Crippen LogP contribution in [0.15, 0.2) is 47.6 Å². The summed E-state index contributed by atoms with van der Waals surface area (Å²) in [5.74, 6) is 0.422. The Balaban J connectivity index is 1.86. The van der Waals surface area contributed by atoms with Crippen molar-refractivity contribution in [1.29, 1.82) is 0 Å². The summed E-state index contributed by atoms with van der Waals surface area (Å²) in [5, 5.41) is 0.402. The topological polar surface area (TPSA) is 64.6 Å². The van der Waals surface area contributed by atoms with Crippen LogP contribution in [0.3, 0.4) is 0 Å². The van der Waals surface area contributed by atoms with Crippen LogP contribution in [0.25, 0.3) is 11.0 Å². The second-order valence-electron chi connectivity index (χ2n) is 4.57. The largest absolute Gasteiger partial charge is 0.610 e. The molecule has 114 valence electrons. The number of aromatic nitrogens is 3. The highest BCUT2D eigenvalue weighted by Crippen LogP contribution is 2.31. The van der Waals surface area contributed by atoms with Crippen LogP contribution in [-0.4, -0.2) is 19.5 Å². The van der Waals surface area contributed by atoms with Crippen molar-refractivity contribution in [1.82, 2.24) is 15.0 Å². The Morgan fingerprint density at radius 1 is 1.18 bits per heavy atom. The van der Waals surface area contributed by atoms with Gasteiger partial charge in [0, 0.05) is 23.4 Å². The zero-order chi connectivity index (χ0) is 15.7. The monoisotopic (exact) mass is 325 g/mol. The molecular weight excluding hydrogens is 315 g/mol. The fourth-order valence-electron chi connectivity index (χ4n) is 1.99. The van der Waals surface area contributed by atoms with Crippen LogP contribution in [0.2, 0.25) is 0 Å². The van der Waals surface area contributed by atoms with Crippen LogP contribution in [-0.2, 0) is 23.1 Å². The third kappa shape index (κ3) is 3.07. The Hall–Kier alpha value is -2.06. The molecule has 0 aliphatic rings. The Morgan fingerprint density at radius 2 is 2.00 bits per heavy atom. The highest BCUT2D eigenvalue weighted by molar-refractivity contribution is 7.90.